The molecule has 0 radical (unpaired) electrons. The summed E-state index contributed by atoms with van der Waals surface area (Å²) in [4.78, 5) is 67.9. The normalized spacial score (nSPS) is 31.6. The fourth-order valence-corrected chi connectivity index (χ4v) is 9.64. The lowest BCUT2D eigenvalue weighted by Gasteiger charge is -2.36. The molecule has 0 spiro atoms. The number of aryl methyl sites for hydroxylation is 1. The van der Waals surface area contributed by atoms with Crippen molar-refractivity contribution in [2.45, 2.75) is 140 Å². The Morgan fingerprint density at radius 1 is 1.07 bits per heavy atom. The molecule has 3 aliphatic carbocycles. The SMILES string of the molecule is CC[C@@H]1[C@@H]2CN(C(=O)[C@H](C(C)(C)C)NC(=O)O[C@@H]3C[C@H]3CCCCCc3nc4ccc(OC)cc4nc3O2)[C@@H]1C(=O)N[C@]1(C(=O)NS(=O)(=O)C2(C)CC2)C[C@H]1C. The first-order valence-electron chi connectivity index (χ1n) is 20.1. The second-order valence-electron chi connectivity index (χ2n) is 17.9. The minimum absolute atomic E-state index is 0.0256. The molecule has 306 valence electrons. The number of nitrogens with zero attached hydrogens (tertiary/aromatic N) is 3. The fourth-order valence-electron chi connectivity index (χ4n) is 8.33. The van der Waals surface area contributed by atoms with Crippen LogP contribution in [0.4, 0.5) is 4.79 Å². The third-order valence-corrected chi connectivity index (χ3v) is 14.8. The second-order valence-corrected chi connectivity index (χ2v) is 20.1. The predicted molar refractivity (Wildman–Crippen MR) is 206 cm³/mol. The number of carbonyl (C=O) groups excluding carboxylic acids is 4. The largest absolute Gasteiger partial charge is 0.497 e. The predicted octanol–water partition coefficient (Wildman–Crippen LogP) is 4.16. The van der Waals surface area contributed by atoms with E-state index in [0.29, 0.717) is 54.0 Å². The molecular weight excluding hydrogens is 741 g/mol. The van der Waals surface area contributed by atoms with Crippen molar-refractivity contribution in [2.75, 3.05) is 13.7 Å². The number of rotatable bonds is 7. The molecule has 15 nitrogen and oxygen atoms in total. The highest BCUT2D eigenvalue weighted by atomic mass is 32.2. The summed E-state index contributed by atoms with van der Waals surface area (Å²) < 4.78 is 45.4. The first-order chi connectivity index (χ1) is 26.4. The average Bonchev–Trinajstić information content (AvgIpc) is 4.09. The van der Waals surface area contributed by atoms with E-state index < -0.39 is 73.6 Å². The van der Waals surface area contributed by atoms with Gasteiger partial charge in [0.05, 0.1) is 29.4 Å². The summed E-state index contributed by atoms with van der Waals surface area (Å²) in [7, 11) is -2.40. The van der Waals surface area contributed by atoms with Crippen LogP contribution in [0.15, 0.2) is 18.2 Å². The van der Waals surface area contributed by atoms with Gasteiger partial charge in [-0.15, -0.1) is 0 Å². The van der Waals surface area contributed by atoms with Gasteiger partial charge >= 0.3 is 6.09 Å². The van der Waals surface area contributed by atoms with Gasteiger partial charge < -0.3 is 29.7 Å². The van der Waals surface area contributed by atoms with Crippen molar-refractivity contribution in [1.82, 2.24) is 30.2 Å². The minimum Gasteiger partial charge on any atom is -0.497 e. The second kappa shape index (κ2) is 14.6. The van der Waals surface area contributed by atoms with E-state index in [9.17, 15) is 27.6 Å². The van der Waals surface area contributed by atoms with Gasteiger partial charge in [0.2, 0.25) is 27.7 Å². The van der Waals surface area contributed by atoms with E-state index in [-0.39, 0.29) is 30.9 Å². The number of carbonyl (C=O) groups is 4. The molecule has 2 bridgehead atoms. The Kier molecular flexibility index (Phi) is 10.4. The molecule has 1 saturated heterocycles. The average molecular weight is 797 g/mol. The van der Waals surface area contributed by atoms with Crippen LogP contribution >= 0.6 is 0 Å². The Bertz CT molecular complexity index is 2020. The zero-order chi connectivity index (χ0) is 40.4. The Morgan fingerprint density at radius 3 is 2.45 bits per heavy atom. The first-order valence-corrected chi connectivity index (χ1v) is 21.6. The van der Waals surface area contributed by atoms with E-state index in [4.69, 9.17) is 24.2 Å². The Morgan fingerprint density at radius 2 is 1.80 bits per heavy atom. The Balaban J connectivity index is 1.25. The highest BCUT2D eigenvalue weighted by Gasteiger charge is 2.63. The van der Waals surface area contributed by atoms with Crippen molar-refractivity contribution in [3.63, 3.8) is 0 Å². The van der Waals surface area contributed by atoms with Gasteiger partial charge in [-0.05, 0) is 87.7 Å². The van der Waals surface area contributed by atoms with Crippen molar-refractivity contribution in [2.24, 2.45) is 23.2 Å². The van der Waals surface area contributed by atoms with Crippen molar-refractivity contribution < 1.29 is 41.8 Å². The van der Waals surface area contributed by atoms with Gasteiger partial charge in [0.25, 0.3) is 5.91 Å². The van der Waals surface area contributed by atoms with Crippen LogP contribution in [0.3, 0.4) is 0 Å². The van der Waals surface area contributed by atoms with E-state index in [1.54, 1.807) is 27.0 Å². The van der Waals surface area contributed by atoms with Gasteiger partial charge in [-0.1, -0.05) is 47.5 Å². The van der Waals surface area contributed by atoms with Crippen molar-refractivity contribution in [3.8, 4) is 11.6 Å². The molecule has 2 aromatic rings. The molecule has 3 saturated carbocycles. The van der Waals surface area contributed by atoms with Crippen LogP contribution < -0.4 is 24.8 Å². The maximum Gasteiger partial charge on any atom is 0.408 e. The summed E-state index contributed by atoms with van der Waals surface area (Å²) in [5.74, 6) is -1.67. The standard InChI is InChI=1S/C40H56N6O9S/c1-8-25-30-21-46(31(25)33(47)44-40(20-22(40)2)36(49)45-56(51,52)39(6)16-17-39)35(48)32(38(3,4)5)43-37(50)55-29-18-23(29)12-10-9-11-13-27-34(54-30)42-28-19-24(53-7)14-15-26(28)41-27/h14-15,19,22-23,25,29-32H,8-13,16-18,20-21H2,1-7H3,(H,43,50)(H,44,47)(H,45,49)/t22-,23-,25-,29-,30+,31+,32-,40-/m1/s1. The highest BCUT2D eigenvalue weighted by molar-refractivity contribution is 7.91. The Labute approximate surface area is 328 Å². The summed E-state index contributed by atoms with van der Waals surface area (Å²) in [6.45, 7) is 10.7. The lowest BCUT2D eigenvalue weighted by atomic mass is 9.85. The van der Waals surface area contributed by atoms with Gasteiger partial charge in [-0.3, -0.25) is 19.1 Å². The smallest absolute Gasteiger partial charge is 0.408 e. The molecule has 3 N–H and O–H groups in total. The number of hydrogen-bond acceptors (Lipinski definition) is 11. The number of benzene rings is 1. The summed E-state index contributed by atoms with van der Waals surface area (Å²) >= 11 is 0. The molecule has 56 heavy (non-hydrogen) atoms. The zero-order valence-corrected chi connectivity index (χ0v) is 34.3. The summed E-state index contributed by atoms with van der Waals surface area (Å²) in [6, 6.07) is 3.25. The Hall–Kier alpha value is -4.21. The first kappa shape index (κ1) is 40.0. The molecule has 1 aromatic carbocycles. The monoisotopic (exact) mass is 796 g/mol. The molecule has 5 aliphatic rings. The van der Waals surface area contributed by atoms with Crippen LogP contribution in [-0.2, 0) is 35.6 Å². The van der Waals surface area contributed by atoms with Gasteiger partial charge in [0.1, 0.15) is 41.3 Å². The molecule has 16 heteroatoms. The number of aromatic nitrogens is 2. The van der Waals surface area contributed by atoms with Crippen molar-refractivity contribution in [1.29, 1.82) is 0 Å². The third kappa shape index (κ3) is 7.73. The number of fused-ring (bicyclic) bond motifs is 5. The van der Waals surface area contributed by atoms with Crippen LogP contribution in [0, 0.1) is 23.2 Å². The van der Waals surface area contributed by atoms with E-state index in [0.717, 1.165) is 32.1 Å². The molecular formula is C40H56N6O9S. The quantitative estimate of drug-likeness (QED) is 0.364. The van der Waals surface area contributed by atoms with Crippen LogP contribution in [0.25, 0.3) is 11.0 Å². The minimum atomic E-state index is -3.97. The molecule has 1 aromatic heterocycles. The topological polar surface area (TPSA) is 195 Å². The molecule has 3 heterocycles. The molecule has 7 rings (SSSR count). The number of alkyl carbamates (subject to hydrolysis) is 1. The zero-order valence-electron chi connectivity index (χ0n) is 33.5. The lowest BCUT2D eigenvalue weighted by Crippen LogP contribution is -2.61. The number of hydrogen-bond donors (Lipinski definition) is 3. The maximum absolute atomic E-state index is 14.9. The van der Waals surface area contributed by atoms with Gasteiger partial charge in [-0.25, -0.2) is 23.2 Å². The van der Waals surface area contributed by atoms with Crippen LogP contribution in [0.2, 0.25) is 0 Å². The number of ether oxygens (including phenoxy) is 3. The van der Waals surface area contributed by atoms with E-state index in [1.807, 2.05) is 39.8 Å². The third-order valence-electron chi connectivity index (χ3n) is 12.7. The number of amides is 4. The lowest BCUT2D eigenvalue weighted by molar-refractivity contribution is -0.143. The van der Waals surface area contributed by atoms with Gasteiger partial charge in [0, 0.05) is 12.0 Å². The molecule has 4 amide bonds. The number of nitrogens with one attached hydrogen (secondary N) is 3. The van der Waals surface area contributed by atoms with E-state index in [1.165, 1.54) is 4.90 Å². The van der Waals surface area contributed by atoms with Crippen LogP contribution in [0.5, 0.6) is 11.6 Å². The van der Waals surface area contributed by atoms with E-state index in [2.05, 4.69) is 15.4 Å². The molecule has 0 unspecified atom stereocenters. The summed E-state index contributed by atoms with van der Waals surface area (Å²) in [5, 5.41) is 5.74. The van der Waals surface area contributed by atoms with E-state index >= 15 is 0 Å². The van der Waals surface area contributed by atoms with Crippen LogP contribution in [0.1, 0.15) is 105 Å². The van der Waals surface area contributed by atoms with Crippen molar-refractivity contribution in [3.05, 3.63) is 23.9 Å². The van der Waals surface area contributed by atoms with Crippen molar-refractivity contribution >= 4 is 44.9 Å². The van der Waals surface area contributed by atoms with Gasteiger partial charge in [0.15, 0.2) is 0 Å². The number of methoxy groups -OCH3 is 1. The summed E-state index contributed by atoms with van der Waals surface area (Å²) in [5.41, 5.74) is -0.346. The highest BCUT2D eigenvalue weighted by Crippen LogP contribution is 2.47. The number of sulfonamides is 1. The maximum atomic E-state index is 14.9. The van der Waals surface area contributed by atoms with Gasteiger partial charge in [-0.2, -0.15) is 0 Å². The molecule has 8 atom stereocenters. The molecule has 2 aliphatic heterocycles. The van der Waals surface area contributed by atoms with Crippen LogP contribution in [-0.4, -0.2) is 95.3 Å². The fraction of sp³-hybridized carbons (Fsp3) is 0.700. The molecule has 4 fully saturated rings. The summed E-state index contributed by atoms with van der Waals surface area (Å²) in [6.07, 6.45) is 4.87.